The van der Waals surface area contributed by atoms with E-state index in [9.17, 15) is 8.42 Å². The smallest absolute Gasteiger partial charge is 0.217 e. The summed E-state index contributed by atoms with van der Waals surface area (Å²) in [5.41, 5.74) is 5.43. The zero-order valence-electron chi connectivity index (χ0n) is 10.4. The minimum absolute atomic E-state index is 0.117. The summed E-state index contributed by atoms with van der Waals surface area (Å²) < 4.78 is 25.8. The van der Waals surface area contributed by atoms with Crippen molar-refractivity contribution in [3.63, 3.8) is 0 Å². The predicted octanol–water partition coefficient (Wildman–Crippen LogP) is -1.34. The fourth-order valence-corrected chi connectivity index (χ4v) is 3.41. The van der Waals surface area contributed by atoms with Crippen LogP contribution in [-0.4, -0.2) is 73.9 Å². The van der Waals surface area contributed by atoms with E-state index < -0.39 is 15.3 Å². The van der Waals surface area contributed by atoms with Crippen molar-refractivity contribution >= 4 is 10.0 Å². The van der Waals surface area contributed by atoms with Crippen LogP contribution < -0.4 is 5.73 Å². The van der Waals surface area contributed by atoms with E-state index in [2.05, 4.69) is 4.90 Å². The van der Waals surface area contributed by atoms with Crippen LogP contribution in [0.15, 0.2) is 0 Å². The molecule has 1 aliphatic rings. The molecule has 1 aliphatic heterocycles. The molecule has 102 valence electrons. The van der Waals surface area contributed by atoms with E-state index in [4.69, 9.17) is 10.8 Å². The summed E-state index contributed by atoms with van der Waals surface area (Å²) in [5, 5.41) is 8.35. The van der Waals surface area contributed by atoms with Gasteiger partial charge in [-0.15, -0.1) is 0 Å². The molecule has 0 amide bonds. The maximum atomic E-state index is 12.1. The molecule has 0 aromatic rings. The van der Waals surface area contributed by atoms with Gasteiger partial charge in [0.25, 0.3) is 0 Å². The summed E-state index contributed by atoms with van der Waals surface area (Å²) in [6, 6.07) is 0. The molecule has 3 N–H and O–H groups in total. The highest BCUT2D eigenvalue weighted by molar-refractivity contribution is 7.89. The molecule has 0 bridgehead atoms. The van der Waals surface area contributed by atoms with Gasteiger partial charge in [0.2, 0.25) is 10.0 Å². The Kier molecular flexibility index (Phi) is 5.81. The quantitative estimate of drug-likeness (QED) is 0.643. The van der Waals surface area contributed by atoms with E-state index >= 15 is 0 Å². The van der Waals surface area contributed by atoms with E-state index in [-0.39, 0.29) is 13.2 Å². The SMILES string of the molecule is CC(CN)S(=O)(=O)N1CCCN(CCO)CC1. The minimum Gasteiger partial charge on any atom is -0.395 e. The molecule has 0 aliphatic carbocycles. The van der Waals surface area contributed by atoms with Gasteiger partial charge in [-0.05, 0) is 19.9 Å². The normalized spacial score (nSPS) is 22.3. The van der Waals surface area contributed by atoms with Crippen LogP contribution in [0.5, 0.6) is 0 Å². The molecule has 1 unspecified atom stereocenters. The molecule has 0 aromatic carbocycles. The monoisotopic (exact) mass is 265 g/mol. The van der Waals surface area contributed by atoms with Crippen molar-refractivity contribution in [2.24, 2.45) is 5.73 Å². The third-order valence-electron chi connectivity index (χ3n) is 3.16. The lowest BCUT2D eigenvalue weighted by Gasteiger charge is -2.24. The van der Waals surface area contributed by atoms with Gasteiger partial charge >= 0.3 is 0 Å². The van der Waals surface area contributed by atoms with E-state index in [0.717, 1.165) is 13.0 Å². The second-order valence-electron chi connectivity index (χ2n) is 4.41. The Morgan fingerprint density at radius 1 is 1.29 bits per heavy atom. The first-order chi connectivity index (χ1) is 8.02. The summed E-state index contributed by atoms with van der Waals surface area (Å²) in [7, 11) is -3.25. The lowest BCUT2D eigenvalue weighted by Crippen LogP contribution is -2.42. The van der Waals surface area contributed by atoms with Crippen molar-refractivity contribution in [1.29, 1.82) is 0 Å². The Bertz CT molecular complexity index is 321. The molecule has 0 radical (unpaired) electrons. The fourth-order valence-electron chi connectivity index (χ4n) is 1.94. The van der Waals surface area contributed by atoms with E-state index in [1.807, 2.05) is 0 Å². The molecule has 1 fully saturated rings. The molecule has 1 saturated heterocycles. The summed E-state index contributed by atoms with van der Waals surface area (Å²) in [6.45, 7) is 5.08. The molecule has 1 atom stereocenters. The number of aliphatic hydroxyl groups is 1. The third-order valence-corrected chi connectivity index (χ3v) is 5.46. The van der Waals surface area contributed by atoms with Crippen molar-refractivity contribution < 1.29 is 13.5 Å². The highest BCUT2D eigenvalue weighted by Gasteiger charge is 2.29. The number of nitrogens with zero attached hydrogens (tertiary/aromatic N) is 2. The molecule has 17 heavy (non-hydrogen) atoms. The lowest BCUT2D eigenvalue weighted by atomic mass is 10.4. The van der Waals surface area contributed by atoms with E-state index in [1.165, 1.54) is 4.31 Å². The van der Waals surface area contributed by atoms with Crippen LogP contribution in [0.1, 0.15) is 13.3 Å². The molecule has 7 heteroatoms. The van der Waals surface area contributed by atoms with E-state index in [0.29, 0.717) is 26.2 Å². The molecule has 0 saturated carbocycles. The predicted molar refractivity (Wildman–Crippen MR) is 67.2 cm³/mol. The van der Waals surface area contributed by atoms with Crippen LogP contribution in [0.25, 0.3) is 0 Å². The van der Waals surface area contributed by atoms with Crippen LogP contribution in [0.3, 0.4) is 0 Å². The number of β-amino-alcohol motifs (C(OH)–C–C–N with tert-alkyl or cyclic N) is 1. The summed E-state index contributed by atoms with van der Waals surface area (Å²) >= 11 is 0. The Hall–Kier alpha value is -0.210. The van der Waals surface area contributed by atoms with Crippen molar-refractivity contribution in [2.45, 2.75) is 18.6 Å². The zero-order valence-corrected chi connectivity index (χ0v) is 11.2. The molecule has 0 aromatic heterocycles. The molecule has 1 heterocycles. The summed E-state index contributed by atoms with van der Waals surface area (Å²) in [4.78, 5) is 2.09. The van der Waals surface area contributed by atoms with Crippen molar-refractivity contribution in [3.8, 4) is 0 Å². The first kappa shape index (κ1) is 14.8. The number of hydrogen-bond acceptors (Lipinski definition) is 5. The number of hydrogen-bond donors (Lipinski definition) is 2. The Balaban J connectivity index is 2.62. The average molecular weight is 265 g/mol. The number of aliphatic hydroxyl groups excluding tert-OH is 1. The molecule has 0 spiro atoms. The summed E-state index contributed by atoms with van der Waals surface area (Å²) in [5.74, 6) is 0. The van der Waals surface area contributed by atoms with Crippen LogP contribution in [-0.2, 0) is 10.0 Å². The highest BCUT2D eigenvalue weighted by Crippen LogP contribution is 2.12. The second kappa shape index (κ2) is 6.65. The van der Waals surface area contributed by atoms with Gasteiger partial charge in [0.05, 0.1) is 11.9 Å². The highest BCUT2D eigenvalue weighted by atomic mass is 32.2. The number of rotatable bonds is 5. The zero-order chi connectivity index (χ0) is 12.9. The minimum atomic E-state index is -3.25. The fraction of sp³-hybridized carbons (Fsp3) is 1.00. The van der Waals surface area contributed by atoms with Gasteiger partial charge in [-0.3, -0.25) is 4.90 Å². The van der Waals surface area contributed by atoms with Crippen molar-refractivity contribution in [1.82, 2.24) is 9.21 Å². The lowest BCUT2D eigenvalue weighted by molar-refractivity contribution is 0.202. The molecule has 6 nitrogen and oxygen atoms in total. The Morgan fingerprint density at radius 3 is 2.59 bits per heavy atom. The van der Waals surface area contributed by atoms with Gasteiger partial charge in [0, 0.05) is 32.7 Å². The van der Waals surface area contributed by atoms with Gasteiger partial charge in [-0.25, -0.2) is 12.7 Å². The van der Waals surface area contributed by atoms with Crippen LogP contribution in [0.4, 0.5) is 0 Å². The average Bonchev–Trinajstić information content (AvgIpc) is 2.54. The van der Waals surface area contributed by atoms with Gasteiger partial charge in [-0.2, -0.15) is 0 Å². The molecular formula is C10H23N3O3S. The third kappa shape index (κ3) is 3.89. The Labute approximate surface area is 103 Å². The van der Waals surface area contributed by atoms with Crippen LogP contribution >= 0.6 is 0 Å². The maximum absolute atomic E-state index is 12.1. The molecular weight excluding hydrogens is 242 g/mol. The maximum Gasteiger partial charge on any atom is 0.217 e. The topological polar surface area (TPSA) is 86.9 Å². The van der Waals surface area contributed by atoms with Crippen molar-refractivity contribution in [3.05, 3.63) is 0 Å². The van der Waals surface area contributed by atoms with E-state index in [1.54, 1.807) is 6.92 Å². The first-order valence-electron chi connectivity index (χ1n) is 6.04. The number of nitrogens with two attached hydrogens (primary N) is 1. The largest absolute Gasteiger partial charge is 0.395 e. The van der Waals surface area contributed by atoms with Crippen molar-refractivity contribution in [2.75, 3.05) is 45.9 Å². The van der Waals surface area contributed by atoms with Gasteiger partial charge < -0.3 is 10.8 Å². The van der Waals surface area contributed by atoms with Crippen LogP contribution in [0.2, 0.25) is 0 Å². The molecule has 1 rings (SSSR count). The first-order valence-corrected chi connectivity index (χ1v) is 7.55. The summed E-state index contributed by atoms with van der Waals surface area (Å²) in [6.07, 6.45) is 0.802. The van der Waals surface area contributed by atoms with Gasteiger partial charge in [0.1, 0.15) is 0 Å². The Morgan fingerprint density at radius 2 is 2.00 bits per heavy atom. The number of sulfonamides is 1. The van der Waals surface area contributed by atoms with Crippen LogP contribution in [0, 0.1) is 0 Å². The standard InChI is InChI=1S/C10H23N3O3S/c1-10(9-11)17(15,16)13-4-2-3-12(5-6-13)7-8-14/h10,14H,2-9,11H2,1H3. The van der Waals surface area contributed by atoms with Gasteiger partial charge in [0.15, 0.2) is 0 Å². The van der Waals surface area contributed by atoms with Gasteiger partial charge in [-0.1, -0.05) is 0 Å². The second-order valence-corrected chi connectivity index (χ2v) is 6.76.